The number of rotatable bonds is 4. The standard InChI is InChI=1S/C13H22N4/c1-10-13(16-7-6-15-10)17-9-12-5-3-2-4-11(12)8-14/h6-7,11-12H,2-5,8-9,14H2,1H3,(H,16,17). The van der Waals surface area contributed by atoms with E-state index in [1.165, 1.54) is 25.7 Å². The van der Waals surface area contributed by atoms with E-state index in [1.807, 2.05) is 6.92 Å². The molecule has 1 aliphatic carbocycles. The summed E-state index contributed by atoms with van der Waals surface area (Å²) >= 11 is 0. The molecule has 2 unspecified atom stereocenters. The van der Waals surface area contributed by atoms with Gasteiger partial charge in [-0.3, -0.25) is 4.98 Å². The zero-order valence-electron chi connectivity index (χ0n) is 10.5. The highest BCUT2D eigenvalue weighted by Crippen LogP contribution is 2.29. The summed E-state index contributed by atoms with van der Waals surface area (Å²) in [6.45, 7) is 3.77. The van der Waals surface area contributed by atoms with Gasteiger partial charge in [0.25, 0.3) is 0 Å². The molecule has 2 rings (SSSR count). The van der Waals surface area contributed by atoms with E-state index in [2.05, 4.69) is 15.3 Å². The highest BCUT2D eigenvalue weighted by molar-refractivity contribution is 5.38. The predicted octanol–water partition coefficient (Wildman–Crippen LogP) is 1.96. The van der Waals surface area contributed by atoms with Crippen molar-refractivity contribution in [2.45, 2.75) is 32.6 Å². The molecule has 94 valence electrons. The van der Waals surface area contributed by atoms with Gasteiger partial charge in [-0.2, -0.15) is 0 Å². The molecule has 1 aromatic heterocycles. The molecule has 1 fully saturated rings. The van der Waals surface area contributed by atoms with E-state index in [1.54, 1.807) is 12.4 Å². The molecule has 1 aliphatic rings. The highest BCUT2D eigenvalue weighted by Gasteiger charge is 2.23. The fraction of sp³-hybridized carbons (Fsp3) is 0.692. The molecule has 0 bridgehead atoms. The molecule has 1 aromatic rings. The molecule has 17 heavy (non-hydrogen) atoms. The van der Waals surface area contributed by atoms with Crippen LogP contribution in [0.25, 0.3) is 0 Å². The molecular weight excluding hydrogens is 212 g/mol. The highest BCUT2D eigenvalue weighted by atomic mass is 15.0. The van der Waals surface area contributed by atoms with Gasteiger partial charge in [0, 0.05) is 18.9 Å². The van der Waals surface area contributed by atoms with E-state index in [0.29, 0.717) is 11.8 Å². The number of anilines is 1. The normalized spacial score (nSPS) is 24.6. The van der Waals surface area contributed by atoms with Crippen LogP contribution in [0.15, 0.2) is 12.4 Å². The largest absolute Gasteiger partial charge is 0.368 e. The van der Waals surface area contributed by atoms with Gasteiger partial charge in [-0.1, -0.05) is 12.8 Å². The summed E-state index contributed by atoms with van der Waals surface area (Å²) < 4.78 is 0. The van der Waals surface area contributed by atoms with Crippen LogP contribution < -0.4 is 11.1 Å². The van der Waals surface area contributed by atoms with Crippen LogP contribution >= 0.6 is 0 Å². The quantitative estimate of drug-likeness (QED) is 0.836. The van der Waals surface area contributed by atoms with Crippen LogP contribution in [0, 0.1) is 18.8 Å². The Hall–Kier alpha value is -1.16. The van der Waals surface area contributed by atoms with Crippen molar-refractivity contribution in [1.29, 1.82) is 0 Å². The number of nitrogens with two attached hydrogens (primary N) is 1. The zero-order chi connectivity index (χ0) is 12.1. The molecule has 0 saturated heterocycles. The molecule has 0 amide bonds. The predicted molar refractivity (Wildman–Crippen MR) is 69.8 cm³/mol. The second kappa shape index (κ2) is 5.96. The first-order valence-electron chi connectivity index (χ1n) is 6.53. The van der Waals surface area contributed by atoms with E-state index < -0.39 is 0 Å². The smallest absolute Gasteiger partial charge is 0.147 e. The Balaban J connectivity index is 1.90. The van der Waals surface area contributed by atoms with Crippen LogP contribution in [-0.2, 0) is 0 Å². The number of aromatic nitrogens is 2. The maximum Gasteiger partial charge on any atom is 0.147 e. The Bertz CT molecular complexity index is 353. The van der Waals surface area contributed by atoms with Crippen molar-refractivity contribution >= 4 is 5.82 Å². The van der Waals surface area contributed by atoms with Crippen molar-refractivity contribution in [3.63, 3.8) is 0 Å². The van der Waals surface area contributed by atoms with Gasteiger partial charge in [0.15, 0.2) is 0 Å². The fourth-order valence-corrected chi connectivity index (χ4v) is 2.67. The summed E-state index contributed by atoms with van der Waals surface area (Å²) in [6, 6.07) is 0. The third-order valence-corrected chi connectivity index (χ3v) is 3.78. The lowest BCUT2D eigenvalue weighted by molar-refractivity contribution is 0.255. The minimum absolute atomic E-state index is 0.674. The molecular formula is C13H22N4. The summed E-state index contributed by atoms with van der Waals surface area (Å²) in [4.78, 5) is 8.54. The lowest BCUT2D eigenvalue weighted by atomic mass is 9.79. The molecule has 0 aromatic carbocycles. The Morgan fingerprint density at radius 3 is 2.65 bits per heavy atom. The first kappa shape index (κ1) is 12.3. The average molecular weight is 234 g/mol. The first-order valence-corrected chi connectivity index (χ1v) is 6.53. The fourth-order valence-electron chi connectivity index (χ4n) is 2.67. The molecule has 2 atom stereocenters. The molecule has 4 heteroatoms. The van der Waals surface area contributed by atoms with Crippen molar-refractivity contribution in [2.24, 2.45) is 17.6 Å². The lowest BCUT2D eigenvalue weighted by Gasteiger charge is -2.30. The molecule has 4 nitrogen and oxygen atoms in total. The first-order chi connectivity index (χ1) is 8.31. The Labute approximate surface area is 103 Å². The molecule has 3 N–H and O–H groups in total. The number of nitrogens with zero attached hydrogens (tertiary/aromatic N) is 2. The maximum absolute atomic E-state index is 5.84. The number of hydrogen-bond donors (Lipinski definition) is 2. The third kappa shape index (κ3) is 3.16. The molecule has 0 spiro atoms. The summed E-state index contributed by atoms with van der Waals surface area (Å²) in [7, 11) is 0. The topological polar surface area (TPSA) is 63.8 Å². The van der Waals surface area contributed by atoms with Crippen molar-refractivity contribution in [3.05, 3.63) is 18.1 Å². The van der Waals surface area contributed by atoms with Crippen LogP contribution in [0.1, 0.15) is 31.4 Å². The van der Waals surface area contributed by atoms with E-state index in [9.17, 15) is 0 Å². The average Bonchev–Trinajstić information content (AvgIpc) is 2.38. The minimum atomic E-state index is 0.674. The van der Waals surface area contributed by atoms with Gasteiger partial charge in [-0.05, 0) is 38.1 Å². The summed E-state index contributed by atoms with van der Waals surface area (Å²) in [5, 5.41) is 3.42. The van der Waals surface area contributed by atoms with E-state index in [-0.39, 0.29) is 0 Å². The number of nitrogens with one attached hydrogen (secondary N) is 1. The van der Waals surface area contributed by atoms with Crippen molar-refractivity contribution in [1.82, 2.24) is 9.97 Å². The lowest BCUT2D eigenvalue weighted by Crippen LogP contribution is -2.31. The van der Waals surface area contributed by atoms with Gasteiger partial charge in [-0.25, -0.2) is 4.98 Å². The molecule has 0 aliphatic heterocycles. The van der Waals surface area contributed by atoms with Crippen LogP contribution in [0.3, 0.4) is 0 Å². The van der Waals surface area contributed by atoms with Gasteiger partial charge in [-0.15, -0.1) is 0 Å². The second-order valence-corrected chi connectivity index (χ2v) is 4.91. The van der Waals surface area contributed by atoms with E-state index >= 15 is 0 Å². The maximum atomic E-state index is 5.84. The van der Waals surface area contributed by atoms with Gasteiger partial charge in [0.1, 0.15) is 5.82 Å². The summed E-state index contributed by atoms with van der Waals surface area (Å²) in [5.74, 6) is 2.28. The van der Waals surface area contributed by atoms with Gasteiger partial charge in [0.2, 0.25) is 0 Å². The Morgan fingerprint density at radius 1 is 1.24 bits per heavy atom. The van der Waals surface area contributed by atoms with E-state index in [0.717, 1.165) is 24.6 Å². The van der Waals surface area contributed by atoms with Crippen molar-refractivity contribution in [2.75, 3.05) is 18.4 Å². The monoisotopic (exact) mass is 234 g/mol. The van der Waals surface area contributed by atoms with Crippen LogP contribution in [0.5, 0.6) is 0 Å². The van der Waals surface area contributed by atoms with Gasteiger partial charge >= 0.3 is 0 Å². The second-order valence-electron chi connectivity index (χ2n) is 4.91. The summed E-state index contributed by atoms with van der Waals surface area (Å²) in [6.07, 6.45) is 8.70. The summed E-state index contributed by atoms with van der Waals surface area (Å²) in [5.41, 5.74) is 6.80. The van der Waals surface area contributed by atoms with Crippen LogP contribution in [0.4, 0.5) is 5.82 Å². The number of hydrogen-bond acceptors (Lipinski definition) is 4. The Kier molecular flexibility index (Phi) is 4.31. The third-order valence-electron chi connectivity index (χ3n) is 3.78. The van der Waals surface area contributed by atoms with Gasteiger partial charge in [0.05, 0.1) is 5.69 Å². The Morgan fingerprint density at radius 2 is 1.94 bits per heavy atom. The van der Waals surface area contributed by atoms with Crippen molar-refractivity contribution < 1.29 is 0 Å². The zero-order valence-corrected chi connectivity index (χ0v) is 10.5. The SMILES string of the molecule is Cc1nccnc1NCC1CCCCC1CN. The van der Waals surface area contributed by atoms with Crippen LogP contribution in [0.2, 0.25) is 0 Å². The molecule has 0 radical (unpaired) electrons. The molecule has 1 heterocycles. The van der Waals surface area contributed by atoms with E-state index in [4.69, 9.17) is 5.73 Å². The van der Waals surface area contributed by atoms with Gasteiger partial charge < -0.3 is 11.1 Å². The van der Waals surface area contributed by atoms with Crippen LogP contribution in [-0.4, -0.2) is 23.1 Å². The number of aryl methyl sites for hydroxylation is 1. The molecule has 1 saturated carbocycles. The minimum Gasteiger partial charge on any atom is -0.368 e. The van der Waals surface area contributed by atoms with Crippen molar-refractivity contribution in [3.8, 4) is 0 Å².